The SMILES string of the molecule is Cn1c(=O)c2c(-c3ccc(F)cc3)n(Cc3ccccn3)cc2n(C)c1=O. The summed E-state index contributed by atoms with van der Waals surface area (Å²) in [5.74, 6) is -0.355. The summed E-state index contributed by atoms with van der Waals surface area (Å²) < 4.78 is 17.8. The zero-order valence-electron chi connectivity index (χ0n) is 14.9. The molecule has 0 aliphatic heterocycles. The van der Waals surface area contributed by atoms with Crippen LogP contribution in [0.5, 0.6) is 0 Å². The van der Waals surface area contributed by atoms with Crippen LogP contribution in [0.2, 0.25) is 0 Å². The molecule has 4 aromatic rings. The molecule has 0 saturated carbocycles. The molecule has 0 unspecified atom stereocenters. The number of nitrogens with zero attached hydrogens (tertiary/aromatic N) is 4. The first-order valence-electron chi connectivity index (χ1n) is 8.42. The number of benzene rings is 1. The Hall–Kier alpha value is -3.48. The number of aromatic nitrogens is 4. The van der Waals surface area contributed by atoms with Crippen molar-refractivity contribution in [3.8, 4) is 11.3 Å². The summed E-state index contributed by atoms with van der Waals surface area (Å²) in [6.07, 6.45) is 3.47. The van der Waals surface area contributed by atoms with Gasteiger partial charge in [0.25, 0.3) is 5.56 Å². The number of hydrogen-bond acceptors (Lipinski definition) is 3. The molecule has 0 aliphatic rings. The highest BCUT2D eigenvalue weighted by molar-refractivity contribution is 5.93. The fraction of sp³-hybridized carbons (Fsp3) is 0.150. The maximum Gasteiger partial charge on any atom is 0.330 e. The number of fused-ring (bicyclic) bond motifs is 1. The Morgan fingerprint density at radius 2 is 1.74 bits per heavy atom. The lowest BCUT2D eigenvalue weighted by molar-refractivity contribution is 0.628. The van der Waals surface area contributed by atoms with Crippen LogP contribution in [0.4, 0.5) is 4.39 Å². The third-order valence-electron chi connectivity index (χ3n) is 4.69. The lowest BCUT2D eigenvalue weighted by Gasteiger charge is -2.10. The molecule has 136 valence electrons. The van der Waals surface area contributed by atoms with E-state index < -0.39 is 5.69 Å². The summed E-state index contributed by atoms with van der Waals surface area (Å²) in [4.78, 5) is 29.5. The summed E-state index contributed by atoms with van der Waals surface area (Å²) in [6, 6.07) is 11.6. The van der Waals surface area contributed by atoms with Crippen LogP contribution in [0.25, 0.3) is 22.2 Å². The molecule has 0 atom stereocenters. The lowest BCUT2D eigenvalue weighted by Crippen LogP contribution is -2.36. The fourth-order valence-electron chi connectivity index (χ4n) is 3.30. The van der Waals surface area contributed by atoms with Crippen LogP contribution in [-0.4, -0.2) is 18.7 Å². The first-order valence-corrected chi connectivity index (χ1v) is 8.42. The van der Waals surface area contributed by atoms with Crippen molar-refractivity contribution in [2.24, 2.45) is 14.1 Å². The van der Waals surface area contributed by atoms with Crippen molar-refractivity contribution in [2.75, 3.05) is 0 Å². The van der Waals surface area contributed by atoms with E-state index in [0.29, 0.717) is 28.7 Å². The van der Waals surface area contributed by atoms with E-state index in [1.54, 1.807) is 31.6 Å². The van der Waals surface area contributed by atoms with Crippen LogP contribution in [-0.2, 0) is 20.6 Å². The second-order valence-electron chi connectivity index (χ2n) is 6.40. The molecule has 3 heterocycles. The van der Waals surface area contributed by atoms with Gasteiger partial charge < -0.3 is 4.57 Å². The zero-order chi connectivity index (χ0) is 19.1. The van der Waals surface area contributed by atoms with Crippen molar-refractivity contribution in [3.05, 3.63) is 87.2 Å². The number of pyridine rings is 1. The smallest absolute Gasteiger partial charge is 0.330 e. The van der Waals surface area contributed by atoms with E-state index in [4.69, 9.17) is 0 Å². The average molecular weight is 364 g/mol. The fourth-order valence-corrected chi connectivity index (χ4v) is 3.30. The summed E-state index contributed by atoms with van der Waals surface area (Å²) in [5, 5.41) is 0.419. The van der Waals surface area contributed by atoms with Crippen molar-refractivity contribution in [1.82, 2.24) is 18.7 Å². The van der Waals surface area contributed by atoms with Crippen LogP contribution >= 0.6 is 0 Å². The molecule has 1 aromatic carbocycles. The Bertz CT molecular complexity index is 1250. The van der Waals surface area contributed by atoms with Gasteiger partial charge in [-0.15, -0.1) is 0 Å². The van der Waals surface area contributed by atoms with Gasteiger partial charge in [-0.05, 0) is 42.0 Å². The molecule has 6 nitrogen and oxygen atoms in total. The average Bonchev–Trinajstić information content (AvgIpc) is 3.05. The maximum atomic E-state index is 13.4. The summed E-state index contributed by atoms with van der Waals surface area (Å²) in [5.41, 5.74) is 1.88. The molecule has 27 heavy (non-hydrogen) atoms. The first kappa shape index (κ1) is 17.0. The molecule has 0 spiro atoms. The standard InChI is InChI=1S/C20H17FN4O2/c1-23-16-12-25(11-15-5-3-4-10-22-15)18(13-6-8-14(21)9-7-13)17(16)19(26)24(2)20(23)27/h3-10,12H,11H2,1-2H3. The van der Waals surface area contributed by atoms with E-state index in [1.165, 1.54) is 23.7 Å². The van der Waals surface area contributed by atoms with Gasteiger partial charge >= 0.3 is 5.69 Å². The second-order valence-corrected chi connectivity index (χ2v) is 6.40. The molecule has 0 bridgehead atoms. The van der Waals surface area contributed by atoms with E-state index in [9.17, 15) is 14.0 Å². The molecule has 0 saturated heterocycles. The Morgan fingerprint density at radius 3 is 2.41 bits per heavy atom. The van der Waals surface area contributed by atoms with Crippen LogP contribution in [0.1, 0.15) is 5.69 Å². The number of hydrogen-bond donors (Lipinski definition) is 0. The van der Waals surface area contributed by atoms with Gasteiger partial charge in [-0.25, -0.2) is 9.18 Å². The number of aryl methyl sites for hydroxylation is 1. The highest BCUT2D eigenvalue weighted by Gasteiger charge is 2.19. The van der Waals surface area contributed by atoms with Gasteiger partial charge in [0.05, 0.1) is 28.8 Å². The zero-order valence-corrected chi connectivity index (χ0v) is 14.9. The molecule has 0 aliphatic carbocycles. The van der Waals surface area contributed by atoms with E-state index in [-0.39, 0.29) is 11.4 Å². The molecule has 0 amide bonds. The lowest BCUT2D eigenvalue weighted by atomic mass is 10.1. The molecule has 0 N–H and O–H groups in total. The van der Waals surface area contributed by atoms with Crippen LogP contribution < -0.4 is 11.2 Å². The predicted octanol–water partition coefficient (Wildman–Crippen LogP) is 2.29. The molecular weight excluding hydrogens is 347 g/mol. The van der Waals surface area contributed by atoms with Crippen molar-refractivity contribution in [2.45, 2.75) is 6.54 Å². The molecule has 0 fully saturated rings. The summed E-state index contributed by atoms with van der Waals surface area (Å²) >= 11 is 0. The van der Waals surface area contributed by atoms with Gasteiger partial charge in [0.15, 0.2) is 0 Å². The molecular formula is C20H17FN4O2. The van der Waals surface area contributed by atoms with Gasteiger partial charge in [-0.1, -0.05) is 6.07 Å². The largest absolute Gasteiger partial charge is 0.339 e. The minimum atomic E-state index is -0.395. The molecule has 7 heteroatoms. The van der Waals surface area contributed by atoms with Crippen molar-refractivity contribution < 1.29 is 4.39 Å². The van der Waals surface area contributed by atoms with Crippen molar-refractivity contribution >= 4 is 10.9 Å². The van der Waals surface area contributed by atoms with Gasteiger partial charge in [0.2, 0.25) is 0 Å². The van der Waals surface area contributed by atoms with Gasteiger partial charge in [-0.3, -0.25) is 18.9 Å². The Balaban J connectivity index is 2.07. The Kier molecular flexibility index (Phi) is 3.99. The minimum absolute atomic E-state index is 0.355. The monoisotopic (exact) mass is 364 g/mol. The quantitative estimate of drug-likeness (QED) is 0.560. The number of halogens is 1. The van der Waals surface area contributed by atoms with Crippen LogP contribution in [0.15, 0.2) is 64.4 Å². The maximum absolute atomic E-state index is 13.4. The third-order valence-corrected chi connectivity index (χ3v) is 4.69. The van der Waals surface area contributed by atoms with Gasteiger partial charge in [0, 0.05) is 26.5 Å². The van der Waals surface area contributed by atoms with Crippen LogP contribution in [0.3, 0.4) is 0 Å². The van der Waals surface area contributed by atoms with Gasteiger partial charge in [0.1, 0.15) is 5.82 Å². The molecule has 0 radical (unpaired) electrons. The third kappa shape index (κ3) is 2.77. The topological polar surface area (TPSA) is 61.8 Å². The molecule has 3 aromatic heterocycles. The Labute approximate surface area is 153 Å². The number of rotatable bonds is 3. The normalized spacial score (nSPS) is 11.2. The first-order chi connectivity index (χ1) is 13.0. The summed E-state index contributed by atoms with van der Waals surface area (Å²) in [7, 11) is 3.08. The minimum Gasteiger partial charge on any atom is -0.339 e. The Morgan fingerprint density at radius 1 is 1.00 bits per heavy atom. The van der Waals surface area contributed by atoms with E-state index in [0.717, 1.165) is 10.3 Å². The van der Waals surface area contributed by atoms with E-state index >= 15 is 0 Å². The molecule has 4 rings (SSSR count). The van der Waals surface area contributed by atoms with Gasteiger partial charge in [-0.2, -0.15) is 0 Å². The van der Waals surface area contributed by atoms with Crippen LogP contribution in [0, 0.1) is 5.82 Å². The highest BCUT2D eigenvalue weighted by Crippen LogP contribution is 2.28. The highest BCUT2D eigenvalue weighted by atomic mass is 19.1. The van der Waals surface area contributed by atoms with E-state index in [2.05, 4.69) is 4.98 Å². The van der Waals surface area contributed by atoms with Crippen molar-refractivity contribution in [3.63, 3.8) is 0 Å². The second kappa shape index (κ2) is 6.35. The predicted molar refractivity (Wildman–Crippen MR) is 101 cm³/mol. The van der Waals surface area contributed by atoms with Crippen molar-refractivity contribution in [1.29, 1.82) is 0 Å². The summed E-state index contributed by atoms with van der Waals surface area (Å²) in [6.45, 7) is 0.416. The van der Waals surface area contributed by atoms with E-state index in [1.807, 2.05) is 22.8 Å².